The van der Waals surface area contributed by atoms with Crippen molar-refractivity contribution in [2.24, 2.45) is 0 Å². The van der Waals surface area contributed by atoms with E-state index < -0.39 is 9.84 Å². The first-order valence-electron chi connectivity index (χ1n) is 8.31. The highest BCUT2D eigenvalue weighted by atomic mass is 35.5. The number of nitrogens with zero attached hydrogens (tertiary/aromatic N) is 1. The van der Waals surface area contributed by atoms with Crippen LogP contribution in [-0.2, 0) is 27.6 Å². The number of hydrogen-bond acceptors (Lipinski definition) is 3. The zero-order valence-corrected chi connectivity index (χ0v) is 16.4. The lowest BCUT2D eigenvalue weighted by molar-refractivity contribution is -0.133. The van der Waals surface area contributed by atoms with Gasteiger partial charge in [0, 0.05) is 22.6 Å². The van der Waals surface area contributed by atoms with Crippen molar-refractivity contribution in [2.45, 2.75) is 25.4 Å². The monoisotopic (exact) mass is 411 g/mol. The van der Waals surface area contributed by atoms with Gasteiger partial charge in [-0.2, -0.15) is 0 Å². The number of benzene rings is 2. The third-order valence-corrected chi connectivity index (χ3v) is 6.72. The first-order valence-corrected chi connectivity index (χ1v) is 10.9. The van der Waals surface area contributed by atoms with Gasteiger partial charge in [0.1, 0.15) is 0 Å². The Kier molecular flexibility index (Phi) is 5.90. The molecular weight excluding hydrogens is 393 g/mol. The van der Waals surface area contributed by atoms with Crippen molar-refractivity contribution in [3.05, 3.63) is 69.7 Å². The lowest BCUT2D eigenvalue weighted by Crippen LogP contribution is -2.41. The molecular formula is C19H19Cl2NO3S. The number of hydrogen-bond donors (Lipinski definition) is 0. The van der Waals surface area contributed by atoms with Crippen molar-refractivity contribution in [2.75, 3.05) is 11.5 Å². The SMILES string of the molecule is O=C(Cc1ccc(Cl)cc1)N(Cc1cccc(Cl)c1)C1CCS(=O)(=O)C1. The Morgan fingerprint density at radius 1 is 1.04 bits per heavy atom. The fourth-order valence-corrected chi connectivity index (χ4v) is 5.22. The highest BCUT2D eigenvalue weighted by molar-refractivity contribution is 7.91. The molecule has 0 N–H and O–H groups in total. The molecule has 3 rings (SSSR count). The van der Waals surface area contributed by atoms with E-state index in [-0.39, 0.29) is 29.9 Å². The summed E-state index contributed by atoms with van der Waals surface area (Å²) in [5.74, 6) is 0.0344. The van der Waals surface area contributed by atoms with Gasteiger partial charge in [0.15, 0.2) is 9.84 Å². The van der Waals surface area contributed by atoms with Crippen molar-refractivity contribution in [3.63, 3.8) is 0 Å². The summed E-state index contributed by atoms with van der Waals surface area (Å²) < 4.78 is 23.8. The summed E-state index contributed by atoms with van der Waals surface area (Å²) in [7, 11) is -3.09. The minimum atomic E-state index is -3.09. The molecule has 1 unspecified atom stereocenters. The largest absolute Gasteiger partial charge is 0.334 e. The Balaban J connectivity index is 1.81. The zero-order chi connectivity index (χ0) is 18.7. The normalized spacial score (nSPS) is 18.6. The van der Waals surface area contributed by atoms with Crippen LogP contribution < -0.4 is 0 Å². The Morgan fingerprint density at radius 3 is 2.38 bits per heavy atom. The first-order chi connectivity index (χ1) is 12.3. The summed E-state index contributed by atoms with van der Waals surface area (Å²) in [5.41, 5.74) is 1.72. The van der Waals surface area contributed by atoms with E-state index in [0.717, 1.165) is 11.1 Å². The lowest BCUT2D eigenvalue weighted by atomic mass is 10.1. The zero-order valence-electron chi connectivity index (χ0n) is 14.1. The number of carbonyl (C=O) groups is 1. The quantitative estimate of drug-likeness (QED) is 0.752. The van der Waals surface area contributed by atoms with Crippen LogP contribution in [0.25, 0.3) is 0 Å². The molecule has 0 bridgehead atoms. The lowest BCUT2D eigenvalue weighted by Gasteiger charge is -2.28. The molecule has 138 valence electrons. The Morgan fingerprint density at radius 2 is 1.77 bits per heavy atom. The van der Waals surface area contributed by atoms with Gasteiger partial charge in [-0.25, -0.2) is 8.42 Å². The van der Waals surface area contributed by atoms with E-state index in [2.05, 4.69) is 0 Å². The molecule has 2 aromatic carbocycles. The van der Waals surface area contributed by atoms with Crippen LogP contribution in [0.15, 0.2) is 48.5 Å². The van der Waals surface area contributed by atoms with E-state index in [0.29, 0.717) is 23.0 Å². The van der Waals surface area contributed by atoms with Crippen LogP contribution in [0.5, 0.6) is 0 Å². The average molecular weight is 412 g/mol. The molecule has 26 heavy (non-hydrogen) atoms. The number of carbonyl (C=O) groups excluding carboxylic acids is 1. The van der Waals surface area contributed by atoms with E-state index in [9.17, 15) is 13.2 Å². The predicted octanol–water partition coefficient (Wildman–Crippen LogP) is 3.75. The van der Waals surface area contributed by atoms with Gasteiger partial charge < -0.3 is 4.90 Å². The maximum absolute atomic E-state index is 13.0. The molecule has 1 aliphatic heterocycles. The van der Waals surface area contributed by atoms with E-state index in [1.54, 1.807) is 29.2 Å². The second-order valence-corrected chi connectivity index (χ2v) is 9.61. The van der Waals surface area contributed by atoms with Gasteiger partial charge in [-0.3, -0.25) is 4.79 Å². The molecule has 1 heterocycles. The third kappa shape index (κ3) is 5.00. The molecule has 1 aliphatic rings. The van der Waals surface area contributed by atoms with Crippen molar-refractivity contribution in [1.29, 1.82) is 0 Å². The molecule has 1 atom stereocenters. The Labute approximate surface area is 163 Å². The van der Waals surface area contributed by atoms with Crippen LogP contribution in [0.1, 0.15) is 17.5 Å². The van der Waals surface area contributed by atoms with Crippen molar-refractivity contribution >= 4 is 38.9 Å². The number of sulfone groups is 1. The maximum atomic E-state index is 13.0. The smallest absolute Gasteiger partial charge is 0.227 e. The van der Waals surface area contributed by atoms with Crippen molar-refractivity contribution < 1.29 is 13.2 Å². The van der Waals surface area contributed by atoms with Gasteiger partial charge in [0.05, 0.1) is 17.9 Å². The van der Waals surface area contributed by atoms with Gasteiger partial charge in [0.2, 0.25) is 5.91 Å². The fourth-order valence-electron chi connectivity index (χ4n) is 3.15. The Hall–Kier alpha value is -1.56. The van der Waals surface area contributed by atoms with Crippen LogP contribution in [0.2, 0.25) is 10.0 Å². The van der Waals surface area contributed by atoms with Gasteiger partial charge >= 0.3 is 0 Å². The molecule has 0 aromatic heterocycles. The van der Waals surface area contributed by atoms with Gasteiger partial charge in [-0.05, 0) is 41.8 Å². The van der Waals surface area contributed by atoms with Gasteiger partial charge in [0.25, 0.3) is 0 Å². The molecule has 0 spiro atoms. The van der Waals surface area contributed by atoms with Crippen LogP contribution in [0.4, 0.5) is 0 Å². The summed E-state index contributed by atoms with van der Waals surface area (Å²) >= 11 is 11.9. The third-order valence-electron chi connectivity index (χ3n) is 4.48. The van der Waals surface area contributed by atoms with E-state index in [1.807, 2.05) is 24.3 Å². The molecule has 4 nitrogen and oxygen atoms in total. The molecule has 0 aliphatic carbocycles. The highest BCUT2D eigenvalue weighted by Crippen LogP contribution is 2.22. The number of rotatable bonds is 5. The highest BCUT2D eigenvalue weighted by Gasteiger charge is 2.34. The fraction of sp³-hybridized carbons (Fsp3) is 0.316. The second kappa shape index (κ2) is 7.99. The predicted molar refractivity (Wildman–Crippen MR) is 104 cm³/mol. The van der Waals surface area contributed by atoms with Crippen LogP contribution >= 0.6 is 23.2 Å². The van der Waals surface area contributed by atoms with Crippen LogP contribution in [0.3, 0.4) is 0 Å². The number of halogens is 2. The summed E-state index contributed by atoms with van der Waals surface area (Å²) in [6.07, 6.45) is 0.670. The van der Waals surface area contributed by atoms with Gasteiger partial charge in [-0.1, -0.05) is 47.5 Å². The van der Waals surface area contributed by atoms with E-state index in [4.69, 9.17) is 23.2 Å². The van der Waals surface area contributed by atoms with Gasteiger partial charge in [-0.15, -0.1) is 0 Å². The minimum Gasteiger partial charge on any atom is -0.334 e. The van der Waals surface area contributed by atoms with Crippen LogP contribution in [-0.4, -0.2) is 36.8 Å². The minimum absolute atomic E-state index is 0.0138. The summed E-state index contributed by atoms with van der Waals surface area (Å²) in [5, 5.41) is 1.20. The van der Waals surface area contributed by atoms with Crippen molar-refractivity contribution in [1.82, 2.24) is 4.90 Å². The average Bonchev–Trinajstić information content (AvgIpc) is 2.94. The van der Waals surface area contributed by atoms with Crippen molar-refractivity contribution in [3.8, 4) is 0 Å². The standard InChI is InChI=1S/C19H19Cl2NO3S/c20-16-6-4-14(5-7-16)11-19(23)22(18-8-9-26(24,25)13-18)12-15-2-1-3-17(21)10-15/h1-7,10,18H,8-9,11-13H2. The summed E-state index contributed by atoms with van der Waals surface area (Å²) in [6, 6.07) is 14.1. The molecule has 2 aromatic rings. The van der Waals surface area contributed by atoms with Crippen LogP contribution in [0, 0.1) is 0 Å². The molecule has 1 amide bonds. The van der Waals surface area contributed by atoms with E-state index >= 15 is 0 Å². The molecule has 0 saturated carbocycles. The Bertz CT molecular complexity index is 897. The molecule has 1 saturated heterocycles. The number of amides is 1. The summed E-state index contributed by atoms with van der Waals surface area (Å²) in [6.45, 7) is 0.340. The topological polar surface area (TPSA) is 54.5 Å². The van der Waals surface area contributed by atoms with E-state index in [1.165, 1.54) is 0 Å². The summed E-state index contributed by atoms with van der Waals surface area (Å²) in [4.78, 5) is 14.6. The molecule has 1 fully saturated rings. The first kappa shape index (κ1) is 19.2. The maximum Gasteiger partial charge on any atom is 0.227 e. The molecule has 0 radical (unpaired) electrons. The second-order valence-electron chi connectivity index (χ2n) is 6.51. The molecule has 7 heteroatoms.